The summed E-state index contributed by atoms with van der Waals surface area (Å²) in [6.45, 7) is 0.555. The van der Waals surface area contributed by atoms with Crippen LogP contribution in [0.3, 0.4) is 0 Å². The molecule has 0 spiro atoms. The van der Waals surface area contributed by atoms with Crippen LogP contribution in [0.5, 0.6) is 0 Å². The van der Waals surface area contributed by atoms with Gasteiger partial charge in [-0.25, -0.2) is 10.9 Å². The van der Waals surface area contributed by atoms with E-state index in [9.17, 15) is 0 Å². The van der Waals surface area contributed by atoms with Crippen molar-refractivity contribution in [1.82, 2.24) is 26.9 Å². The first-order valence-corrected chi connectivity index (χ1v) is 4.53. The number of nitrogens with zero attached hydrogens (tertiary/aromatic N) is 1. The van der Waals surface area contributed by atoms with Crippen molar-refractivity contribution < 1.29 is 0 Å². The molecule has 1 saturated heterocycles. The average molecular weight is 194 g/mol. The van der Waals surface area contributed by atoms with E-state index in [1.807, 2.05) is 18.3 Å². The Balaban J connectivity index is 2.12. The molecule has 0 bridgehead atoms. The summed E-state index contributed by atoms with van der Waals surface area (Å²) in [5, 5.41) is 0. The maximum absolute atomic E-state index is 5.72. The summed E-state index contributed by atoms with van der Waals surface area (Å²) in [4.78, 5) is 4.07. The predicted molar refractivity (Wildman–Crippen MR) is 52.4 cm³/mol. The Morgan fingerprint density at radius 1 is 1.43 bits per heavy atom. The highest BCUT2D eigenvalue weighted by Gasteiger charge is 2.24. The van der Waals surface area contributed by atoms with Crippen LogP contribution in [0.4, 0.5) is 0 Å². The summed E-state index contributed by atoms with van der Waals surface area (Å²) >= 11 is 0. The summed E-state index contributed by atoms with van der Waals surface area (Å²) < 4.78 is 0. The second-order valence-corrected chi connectivity index (χ2v) is 3.14. The first kappa shape index (κ1) is 9.50. The lowest BCUT2D eigenvalue weighted by atomic mass is 9.98. The van der Waals surface area contributed by atoms with E-state index in [-0.39, 0.29) is 12.1 Å². The van der Waals surface area contributed by atoms with Crippen LogP contribution in [0.25, 0.3) is 0 Å². The Morgan fingerprint density at radius 3 is 2.79 bits per heavy atom. The highest BCUT2D eigenvalue weighted by Crippen LogP contribution is 2.15. The SMILES string of the molecule is NCC(c1cccnc1)C1NNNN1. The van der Waals surface area contributed by atoms with Gasteiger partial charge in [0.1, 0.15) is 0 Å². The van der Waals surface area contributed by atoms with Crippen LogP contribution >= 0.6 is 0 Å². The maximum Gasteiger partial charge on any atom is 0.0940 e. The molecule has 1 aliphatic rings. The molecule has 2 rings (SSSR count). The van der Waals surface area contributed by atoms with Gasteiger partial charge in [-0.2, -0.15) is 11.1 Å². The summed E-state index contributed by atoms with van der Waals surface area (Å²) in [5.74, 6) is 0.186. The van der Waals surface area contributed by atoms with Crippen LogP contribution in [0.15, 0.2) is 24.5 Å². The van der Waals surface area contributed by atoms with Crippen molar-refractivity contribution in [3.63, 3.8) is 0 Å². The van der Waals surface area contributed by atoms with Crippen LogP contribution in [0.1, 0.15) is 11.5 Å². The molecule has 6 N–H and O–H groups in total. The fraction of sp³-hybridized carbons (Fsp3) is 0.375. The smallest absolute Gasteiger partial charge is 0.0940 e. The largest absolute Gasteiger partial charge is 0.330 e. The molecule has 0 aromatic carbocycles. The van der Waals surface area contributed by atoms with E-state index >= 15 is 0 Å². The minimum atomic E-state index is 0.0733. The van der Waals surface area contributed by atoms with Crippen LogP contribution in [-0.2, 0) is 0 Å². The van der Waals surface area contributed by atoms with Gasteiger partial charge in [0.15, 0.2) is 0 Å². The number of hydrogen-bond acceptors (Lipinski definition) is 6. The molecule has 76 valence electrons. The van der Waals surface area contributed by atoms with E-state index in [1.54, 1.807) is 6.20 Å². The van der Waals surface area contributed by atoms with Crippen molar-refractivity contribution in [3.8, 4) is 0 Å². The number of nitrogens with two attached hydrogens (primary N) is 1. The minimum absolute atomic E-state index is 0.0733. The Kier molecular flexibility index (Phi) is 3.02. The van der Waals surface area contributed by atoms with Gasteiger partial charge in [-0.1, -0.05) is 6.07 Å². The second kappa shape index (κ2) is 4.45. The number of nitrogens with one attached hydrogen (secondary N) is 4. The lowest BCUT2D eigenvalue weighted by molar-refractivity contribution is 0.436. The molecule has 6 nitrogen and oxygen atoms in total. The molecule has 14 heavy (non-hydrogen) atoms. The quantitative estimate of drug-likeness (QED) is 0.405. The summed E-state index contributed by atoms with van der Waals surface area (Å²) in [6.07, 6.45) is 3.66. The fourth-order valence-electron chi connectivity index (χ4n) is 1.52. The molecular weight excluding hydrogens is 180 g/mol. The van der Waals surface area contributed by atoms with Gasteiger partial charge in [0.25, 0.3) is 0 Å². The zero-order valence-electron chi connectivity index (χ0n) is 7.70. The van der Waals surface area contributed by atoms with Crippen molar-refractivity contribution in [3.05, 3.63) is 30.1 Å². The van der Waals surface area contributed by atoms with Gasteiger partial charge in [0, 0.05) is 24.9 Å². The molecule has 1 aromatic heterocycles. The summed E-state index contributed by atoms with van der Waals surface area (Å²) in [7, 11) is 0. The first-order chi connectivity index (χ1) is 6.92. The van der Waals surface area contributed by atoms with Crippen molar-refractivity contribution in [1.29, 1.82) is 0 Å². The van der Waals surface area contributed by atoms with Crippen LogP contribution in [-0.4, -0.2) is 17.7 Å². The molecule has 0 saturated carbocycles. The third-order valence-electron chi connectivity index (χ3n) is 2.29. The van der Waals surface area contributed by atoms with Gasteiger partial charge in [-0.3, -0.25) is 4.98 Å². The molecule has 1 unspecified atom stereocenters. The number of hydrazine groups is 3. The molecule has 0 radical (unpaired) electrons. The van der Waals surface area contributed by atoms with Gasteiger partial charge in [-0.15, -0.1) is 0 Å². The summed E-state index contributed by atoms with van der Waals surface area (Å²) in [6, 6.07) is 3.93. The van der Waals surface area contributed by atoms with Gasteiger partial charge < -0.3 is 5.73 Å². The van der Waals surface area contributed by atoms with Crippen molar-refractivity contribution in [2.45, 2.75) is 12.1 Å². The molecule has 1 aliphatic heterocycles. The molecular formula is C8H14N6. The van der Waals surface area contributed by atoms with Crippen LogP contribution in [0, 0.1) is 0 Å². The Hall–Kier alpha value is -1.05. The highest BCUT2D eigenvalue weighted by atomic mass is 15.8. The molecule has 0 amide bonds. The van der Waals surface area contributed by atoms with E-state index in [0.717, 1.165) is 5.56 Å². The third-order valence-corrected chi connectivity index (χ3v) is 2.29. The van der Waals surface area contributed by atoms with Gasteiger partial charge in [0.2, 0.25) is 0 Å². The number of hydrogen-bond donors (Lipinski definition) is 5. The van der Waals surface area contributed by atoms with Crippen LogP contribution < -0.4 is 27.7 Å². The Morgan fingerprint density at radius 2 is 2.21 bits per heavy atom. The Labute approximate surface area is 82.2 Å². The van der Waals surface area contributed by atoms with Crippen molar-refractivity contribution in [2.24, 2.45) is 5.73 Å². The van der Waals surface area contributed by atoms with E-state index < -0.39 is 0 Å². The zero-order chi connectivity index (χ0) is 9.80. The van der Waals surface area contributed by atoms with E-state index in [2.05, 4.69) is 26.9 Å². The number of rotatable bonds is 3. The van der Waals surface area contributed by atoms with Crippen LogP contribution in [0.2, 0.25) is 0 Å². The normalized spacial score (nSPS) is 19.8. The molecule has 0 aliphatic carbocycles. The Bertz CT molecular complexity index is 270. The first-order valence-electron chi connectivity index (χ1n) is 4.53. The molecule has 1 fully saturated rings. The standard InChI is InChI=1S/C8H14N6/c9-4-7(8-11-13-14-12-8)6-2-1-3-10-5-6/h1-3,5,7-8,11-14H,4,9H2. The minimum Gasteiger partial charge on any atom is -0.330 e. The summed E-state index contributed by atoms with van der Waals surface area (Å²) in [5.41, 5.74) is 18.4. The number of pyridine rings is 1. The van der Waals surface area contributed by atoms with E-state index in [1.165, 1.54) is 0 Å². The fourth-order valence-corrected chi connectivity index (χ4v) is 1.52. The lowest BCUT2D eigenvalue weighted by Crippen LogP contribution is -2.42. The van der Waals surface area contributed by atoms with E-state index in [0.29, 0.717) is 6.54 Å². The molecule has 1 atom stereocenters. The van der Waals surface area contributed by atoms with Gasteiger partial charge >= 0.3 is 0 Å². The van der Waals surface area contributed by atoms with E-state index in [4.69, 9.17) is 5.73 Å². The topological polar surface area (TPSA) is 87.0 Å². The number of aromatic nitrogens is 1. The lowest BCUT2D eigenvalue weighted by Gasteiger charge is -2.20. The predicted octanol–water partition coefficient (Wildman–Crippen LogP) is -1.43. The van der Waals surface area contributed by atoms with Crippen molar-refractivity contribution in [2.75, 3.05) is 6.54 Å². The maximum atomic E-state index is 5.72. The zero-order valence-corrected chi connectivity index (χ0v) is 7.70. The molecule has 1 aromatic rings. The van der Waals surface area contributed by atoms with Crippen molar-refractivity contribution >= 4 is 0 Å². The highest BCUT2D eigenvalue weighted by molar-refractivity contribution is 5.17. The molecule has 2 heterocycles. The second-order valence-electron chi connectivity index (χ2n) is 3.14. The molecule has 6 heteroatoms. The third kappa shape index (κ3) is 1.89. The average Bonchev–Trinajstić information content (AvgIpc) is 2.74. The monoisotopic (exact) mass is 194 g/mol. The van der Waals surface area contributed by atoms with Gasteiger partial charge in [0.05, 0.1) is 6.17 Å². The van der Waals surface area contributed by atoms with Gasteiger partial charge in [-0.05, 0) is 11.6 Å².